The molecule has 0 spiro atoms. The predicted octanol–water partition coefficient (Wildman–Crippen LogP) is 3.95. The molecular formula is C12H4ClF5O3S. The summed E-state index contributed by atoms with van der Waals surface area (Å²) < 4.78 is 98.4. The van der Waals surface area contributed by atoms with Crippen molar-refractivity contribution in [3.63, 3.8) is 0 Å². The SMILES string of the molecule is O=S(=O)(O)c1ccc(Cl)cc1-c1c(F)c(F)c(F)c(F)c1F. The van der Waals surface area contributed by atoms with Crippen molar-refractivity contribution in [3.8, 4) is 11.1 Å². The zero-order chi connectivity index (χ0) is 16.8. The lowest BCUT2D eigenvalue weighted by atomic mass is 10.0. The molecule has 22 heavy (non-hydrogen) atoms. The third-order valence-corrected chi connectivity index (χ3v) is 3.85. The van der Waals surface area contributed by atoms with Gasteiger partial charge in [0, 0.05) is 10.6 Å². The van der Waals surface area contributed by atoms with E-state index in [1.54, 1.807) is 0 Å². The van der Waals surface area contributed by atoms with E-state index in [-0.39, 0.29) is 5.02 Å². The molecule has 0 saturated carbocycles. The van der Waals surface area contributed by atoms with E-state index in [4.69, 9.17) is 16.2 Å². The standard InChI is InChI=1S/C12H4ClF5O3S/c13-4-1-2-6(22(19,20)21)5(3-4)7-8(14)10(16)12(18)11(17)9(7)15/h1-3H,(H,19,20,21). The highest BCUT2D eigenvalue weighted by molar-refractivity contribution is 7.86. The molecular weight excluding hydrogens is 355 g/mol. The molecule has 0 bridgehead atoms. The van der Waals surface area contributed by atoms with Gasteiger partial charge in [-0.25, -0.2) is 22.0 Å². The van der Waals surface area contributed by atoms with Gasteiger partial charge < -0.3 is 0 Å². The fourth-order valence-electron chi connectivity index (χ4n) is 1.76. The Labute approximate surface area is 125 Å². The van der Waals surface area contributed by atoms with Crippen LogP contribution in [0.25, 0.3) is 11.1 Å². The first-order chi connectivity index (χ1) is 10.1. The topological polar surface area (TPSA) is 54.4 Å². The molecule has 0 aliphatic rings. The van der Waals surface area contributed by atoms with Crippen LogP contribution in [-0.2, 0) is 10.1 Å². The van der Waals surface area contributed by atoms with Crippen molar-refractivity contribution in [1.29, 1.82) is 0 Å². The van der Waals surface area contributed by atoms with Crippen molar-refractivity contribution >= 4 is 21.7 Å². The Morgan fingerprint density at radius 3 is 1.77 bits per heavy atom. The maximum Gasteiger partial charge on any atom is 0.295 e. The molecule has 2 aromatic carbocycles. The Bertz CT molecular complexity index is 854. The Hall–Kier alpha value is -1.71. The van der Waals surface area contributed by atoms with Gasteiger partial charge in [-0.05, 0) is 18.2 Å². The molecule has 2 rings (SSSR count). The van der Waals surface area contributed by atoms with Gasteiger partial charge in [0.05, 0.1) is 5.56 Å². The van der Waals surface area contributed by atoms with Crippen LogP contribution >= 0.6 is 11.6 Å². The summed E-state index contributed by atoms with van der Waals surface area (Å²) in [6.07, 6.45) is 0. The van der Waals surface area contributed by atoms with Gasteiger partial charge in [0.25, 0.3) is 10.1 Å². The largest absolute Gasteiger partial charge is 0.295 e. The molecule has 118 valence electrons. The highest BCUT2D eigenvalue weighted by Crippen LogP contribution is 2.36. The Morgan fingerprint density at radius 1 is 0.864 bits per heavy atom. The third-order valence-electron chi connectivity index (χ3n) is 2.70. The zero-order valence-electron chi connectivity index (χ0n) is 10.2. The van der Waals surface area contributed by atoms with E-state index in [0.29, 0.717) is 12.1 Å². The second-order valence-electron chi connectivity index (χ2n) is 4.06. The second kappa shape index (κ2) is 5.49. The summed E-state index contributed by atoms with van der Waals surface area (Å²) in [5.41, 5.74) is -2.46. The van der Waals surface area contributed by atoms with E-state index in [1.165, 1.54) is 0 Å². The first kappa shape index (κ1) is 16.7. The number of benzene rings is 2. The first-order valence-corrected chi connectivity index (χ1v) is 7.16. The van der Waals surface area contributed by atoms with E-state index < -0.39 is 55.2 Å². The molecule has 2 aromatic rings. The Kier molecular flexibility index (Phi) is 4.16. The molecule has 0 unspecified atom stereocenters. The quantitative estimate of drug-likeness (QED) is 0.383. The number of halogens is 6. The van der Waals surface area contributed by atoms with Crippen LogP contribution in [0.2, 0.25) is 5.02 Å². The molecule has 0 saturated heterocycles. The molecule has 10 heteroatoms. The maximum absolute atomic E-state index is 13.7. The van der Waals surface area contributed by atoms with Crippen molar-refractivity contribution in [2.24, 2.45) is 0 Å². The van der Waals surface area contributed by atoms with Gasteiger partial charge in [0.2, 0.25) is 5.82 Å². The predicted molar refractivity (Wildman–Crippen MR) is 66.5 cm³/mol. The average Bonchev–Trinajstić information content (AvgIpc) is 2.42. The van der Waals surface area contributed by atoms with Gasteiger partial charge >= 0.3 is 0 Å². The molecule has 0 aromatic heterocycles. The monoisotopic (exact) mass is 358 g/mol. The van der Waals surface area contributed by atoms with E-state index in [9.17, 15) is 30.4 Å². The highest BCUT2D eigenvalue weighted by atomic mass is 35.5. The fraction of sp³-hybridized carbons (Fsp3) is 0. The van der Waals surface area contributed by atoms with Crippen LogP contribution in [0, 0.1) is 29.1 Å². The molecule has 3 nitrogen and oxygen atoms in total. The highest BCUT2D eigenvalue weighted by Gasteiger charge is 2.30. The van der Waals surface area contributed by atoms with E-state index in [1.807, 2.05) is 0 Å². The van der Waals surface area contributed by atoms with Crippen LogP contribution in [-0.4, -0.2) is 13.0 Å². The van der Waals surface area contributed by atoms with Crippen LogP contribution in [0.5, 0.6) is 0 Å². The summed E-state index contributed by atoms with van der Waals surface area (Å²) in [6.45, 7) is 0. The zero-order valence-corrected chi connectivity index (χ0v) is 11.7. The Morgan fingerprint density at radius 2 is 1.32 bits per heavy atom. The lowest BCUT2D eigenvalue weighted by Crippen LogP contribution is -2.07. The van der Waals surface area contributed by atoms with Crippen LogP contribution in [0.4, 0.5) is 22.0 Å². The average molecular weight is 359 g/mol. The minimum absolute atomic E-state index is 0.244. The molecule has 0 atom stereocenters. The van der Waals surface area contributed by atoms with Gasteiger partial charge in [-0.2, -0.15) is 8.42 Å². The van der Waals surface area contributed by atoms with Crippen LogP contribution in [0.3, 0.4) is 0 Å². The smallest absolute Gasteiger partial charge is 0.282 e. The number of rotatable bonds is 2. The van der Waals surface area contributed by atoms with Gasteiger partial charge in [-0.3, -0.25) is 4.55 Å². The van der Waals surface area contributed by atoms with Crippen molar-refractivity contribution in [3.05, 3.63) is 52.3 Å². The number of hydrogen-bond acceptors (Lipinski definition) is 2. The van der Waals surface area contributed by atoms with E-state index >= 15 is 0 Å². The minimum Gasteiger partial charge on any atom is -0.282 e. The van der Waals surface area contributed by atoms with E-state index in [2.05, 4.69) is 0 Å². The van der Waals surface area contributed by atoms with E-state index in [0.717, 1.165) is 6.07 Å². The summed E-state index contributed by atoms with van der Waals surface area (Å²) in [5, 5.41) is -0.244. The van der Waals surface area contributed by atoms with Crippen molar-refractivity contribution in [2.45, 2.75) is 4.90 Å². The maximum atomic E-state index is 13.7. The van der Waals surface area contributed by atoms with Crippen molar-refractivity contribution < 1.29 is 34.9 Å². The van der Waals surface area contributed by atoms with Gasteiger partial charge in [0.15, 0.2) is 23.3 Å². The molecule has 0 fully saturated rings. The first-order valence-electron chi connectivity index (χ1n) is 5.34. The lowest BCUT2D eigenvalue weighted by Gasteiger charge is -2.11. The van der Waals surface area contributed by atoms with Crippen molar-refractivity contribution in [1.82, 2.24) is 0 Å². The summed E-state index contributed by atoms with van der Waals surface area (Å²) in [4.78, 5) is -1.06. The van der Waals surface area contributed by atoms with Gasteiger partial charge in [-0.1, -0.05) is 11.6 Å². The molecule has 0 aliphatic carbocycles. The van der Waals surface area contributed by atoms with Crippen LogP contribution in [0.15, 0.2) is 23.1 Å². The third kappa shape index (κ3) is 2.67. The molecule has 1 N–H and O–H groups in total. The van der Waals surface area contributed by atoms with Crippen LogP contribution < -0.4 is 0 Å². The normalized spacial score (nSPS) is 11.8. The molecule has 0 heterocycles. The van der Waals surface area contributed by atoms with Gasteiger partial charge in [-0.15, -0.1) is 0 Å². The summed E-state index contributed by atoms with van der Waals surface area (Å²) in [5.74, 6) is -11.4. The summed E-state index contributed by atoms with van der Waals surface area (Å²) in [6, 6.07) is 2.29. The van der Waals surface area contributed by atoms with Gasteiger partial charge in [0.1, 0.15) is 4.90 Å². The summed E-state index contributed by atoms with van der Waals surface area (Å²) >= 11 is 5.55. The number of hydrogen-bond donors (Lipinski definition) is 1. The minimum atomic E-state index is -5.00. The fourth-order valence-corrected chi connectivity index (χ4v) is 2.61. The molecule has 0 amide bonds. The van der Waals surface area contributed by atoms with Crippen LogP contribution in [0.1, 0.15) is 0 Å². The second-order valence-corrected chi connectivity index (χ2v) is 5.89. The summed E-state index contributed by atoms with van der Waals surface area (Å²) in [7, 11) is -5.00. The molecule has 0 aliphatic heterocycles. The molecule has 0 radical (unpaired) electrons. The lowest BCUT2D eigenvalue weighted by molar-refractivity contribution is 0.381. The Balaban J connectivity index is 2.99. The van der Waals surface area contributed by atoms with Crippen molar-refractivity contribution in [2.75, 3.05) is 0 Å².